The summed E-state index contributed by atoms with van der Waals surface area (Å²) in [5.74, 6) is 0.424. The fourth-order valence-electron chi connectivity index (χ4n) is 4.81. The Hall–Kier alpha value is -4.05. The average Bonchev–Trinajstić information content (AvgIpc) is 3.43. The number of nitrogens with one attached hydrogen (secondary N) is 3. The van der Waals surface area contributed by atoms with E-state index in [1.807, 2.05) is 65.6 Å². The number of para-hydroxylation sites is 1. The Kier molecular flexibility index (Phi) is 7.28. The predicted octanol–water partition coefficient (Wildman–Crippen LogP) is 3.73. The predicted molar refractivity (Wildman–Crippen MR) is 134 cm³/mol. The summed E-state index contributed by atoms with van der Waals surface area (Å²) in [6, 6.07) is 22.2. The molecule has 1 fully saturated rings. The first-order valence-corrected chi connectivity index (χ1v) is 11.6. The van der Waals surface area contributed by atoms with Crippen LogP contribution in [0.4, 0.5) is 0 Å². The van der Waals surface area contributed by atoms with Crippen LogP contribution >= 0.6 is 0 Å². The third-order valence-corrected chi connectivity index (χ3v) is 6.69. The molecular weight excluding hydrogens is 424 g/mol. The summed E-state index contributed by atoms with van der Waals surface area (Å²) < 4.78 is 1.96. The highest BCUT2D eigenvalue weighted by atomic mass is 16.1. The summed E-state index contributed by atoms with van der Waals surface area (Å²) in [4.78, 5) is 17.4. The molecular formula is C27H30N6O. The van der Waals surface area contributed by atoms with Crippen LogP contribution in [-0.2, 0) is 5.41 Å². The van der Waals surface area contributed by atoms with Crippen molar-refractivity contribution in [3.05, 3.63) is 90.3 Å². The van der Waals surface area contributed by atoms with Crippen molar-refractivity contribution >= 4 is 11.9 Å². The summed E-state index contributed by atoms with van der Waals surface area (Å²) >= 11 is 0. The number of carbonyl (C=O) groups excluding carboxylic acids is 1. The van der Waals surface area contributed by atoms with Gasteiger partial charge in [0.05, 0.1) is 11.3 Å². The molecule has 1 saturated carbocycles. The molecule has 34 heavy (non-hydrogen) atoms. The lowest BCUT2D eigenvalue weighted by molar-refractivity contribution is 0.0935. The van der Waals surface area contributed by atoms with Crippen LogP contribution in [0.25, 0.3) is 5.69 Å². The lowest BCUT2D eigenvalue weighted by Gasteiger charge is -2.41. The normalized spacial score (nSPS) is 20.2. The molecule has 1 amide bonds. The van der Waals surface area contributed by atoms with Crippen molar-refractivity contribution in [3.63, 3.8) is 0 Å². The smallest absolute Gasteiger partial charge is 0.253 e. The molecule has 4 rings (SSSR count). The topological polar surface area (TPSA) is 94.2 Å². The van der Waals surface area contributed by atoms with Crippen molar-refractivity contribution in [2.75, 3.05) is 13.6 Å². The van der Waals surface area contributed by atoms with Crippen molar-refractivity contribution in [1.82, 2.24) is 20.5 Å². The number of carbonyl (C=O) groups is 1. The molecule has 1 heterocycles. The van der Waals surface area contributed by atoms with Crippen LogP contribution in [0.15, 0.2) is 84.1 Å². The highest BCUT2D eigenvalue weighted by molar-refractivity contribution is 5.97. The first-order valence-electron chi connectivity index (χ1n) is 11.6. The molecule has 0 saturated heterocycles. The van der Waals surface area contributed by atoms with E-state index in [1.165, 1.54) is 5.56 Å². The first kappa shape index (κ1) is 23.1. The van der Waals surface area contributed by atoms with Gasteiger partial charge in [-0.25, -0.2) is 0 Å². The van der Waals surface area contributed by atoms with Crippen LogP contribution in [0, 0.1) is 11.5 Å². The number of amides is 1. The third-order valence-electron chi connectivity index (χ3n) is 6.69. The van der Waals surface area contributed by atoms with E-state index in [4.69, 9.17) is 5.26 Å². The van der Waals surface area contributed by atoms with Crippen molar-refractivity contribution in [2.24, 2.45) is 4.99 Å². The van der Waals surface area contributed by atoms with E-state index in [2.05, 4.69) is 45.2 Å². The number of nitrogens with zero attached hydrogens (tertiary/aromatic N) is 3. The van der Waals surface area contributed by atoms with Crippen molar-refractivity contribution in [1.29, 1.82) is 5.26 Å². The minimum absolute atomic E-state index is 0.0709. The van der Waals surface area contributed by atoms with Crippen LogP contribution in [-0.4, -0.2) is 36.1 Å². The summed E-state index contributed by atoms with van der Waals surface area (Å²) in [7, 11) is 1.66. The average molecular weight is 455 g/mol. The zero-order valence-corrected chi connectivity index (χ0v) is 19.4. The Balaban J connectivity index is 1.50. The fourth-order valence-corrected chi connectivity index (χ4v) is 4.81. The van der Waals surface area contributed by atoms with E-state index in [0.29, 0.717) is 18.1 Å². The number of benzene rings is 2. The number of nitriles is 1. The first-order chi connectivity index (χ1) is 16.6. The summed E-state index contributed by atoms with van der Waals surface area (Å²) in [5.41, 5.74) is 2.61. The minimum Gasteiger partial charge on any atom is -0.353 e. The van der Waals surface area contributed by atoms with Gasteiger partial charge in [-0.05, 0) is 55.5 Å². The van der Waals surface area contributed by atoms with Gasteiger partial charge < -0.3 is 15.2 Å². The van der Waals surface area contributed by atoms with Crippen LogP contribution in [0.1, 0.15) is 41.6 Å². The Morgan fingerprint density at radius 1 is 1.06 bits per heavy atom. The SMILES string of the molecule is CN=C(NC#N)NC1CCC(CNC(=O)c2ccccc2-n2cccc2)(c2ccccc2)CC1. The van der Waals surface area contributed by atoms with E-state index < -0.39 is 0 Å². The van der Waals surface area contributed by atoms with Gasteiger partial charge in [-0.15, -0.1) is 0 Å². The summed E-state index contributed by atoms with van der Waals surface area (Å²) in [6.45, 7) is 0.563. The van der Waals surface area contributed by atoms with Gasteiger partial charge in [0.2, 0.25) is 5.96 Å². The highest BCUT2D eigenvalue weighted by Gasteiger charge is 2.37. The molecule has 2 aromatic carbocycles. The Morgan fingerprint density at radius 2 is 1.74 bits per heavy atom. The molecule has 0 unspecified atom stereocenters. The molecule has 7 nitrogen and oxygen atoms in total. The zero-order chi connectivity index (χ0) is 23.8. The van der Waals surface area contributed by atoms with Gasteiger partial charge in [-0.2, -0.15) is 5.26 Å². The lowest BCUT2D eigenvalue weighted by atomic mass is 9.68. The zero-order valence-electron chi connectivity index (χ0n) is 19.4. The molecule has 3 N–H and O–H groups in total. The number of aliphatic imine (C=N–C) groups is 1. The number of hydrogen-bond acceptors (Lipinski definition) is 3. The second kappa shape index (κ2) is 10.7. The Labute approximate surface area is 200 Å². The van der Waals surface area contributed by atoms with Gasteiger partial charge in [0, 0.05) is 37.4 Å². The van der Waals surface area contributed by atoms with E-state index >= 15 is 0 Å². The van der Waals surface area contributed by atoms with Crippen LogP contribution in [0.2, 0.25) is 0 Å². The van der Waals surface area contributed by atoms with E-state index in [9.17, 15) is 4.79 Å². The summed E-state index contributed by atoms with van der Waals surface area (Å²) in [6.07, 6.45) is 9.47. The minimum atomic E-state index is -0.149. The fraction of sp³-hybridized carbons (Fsp3) is 0.296. The molecule has 1 aromatic heterocycles. The quantitative estimate of drug-likeness (QED) is 0.229. The number of rotatable bonds is 6. The lowest BCUT2D eigenvalue weighted by Crippen LogP contribution is -2.49. The van der Waals surface area contributed by atoms with Gasteiger partial charge in [0.25, 0.3) is 5.91 Å². The Bertz CT molecular complexity index is 1160. The molecule has 0 atom stereocenters. The van der Waals surface area contributed by atoms with Gasteiger partial charge in [-0.3, -0.25) is 15.1 Å². The second-order valence-electron chi connectivity index (χ2n) is 8.66. The van der Waals surface area contributed by atoms with E-state index in [-0.39, 0.29) is 17.4 Å². The molecule has 7 heteroatoms. The molecule has 3 aromatic rings. The van der Waals surface area contributed by atoms with Gasteiger partial charge >= 0.3 is 0 Å². The molecule has 1 aliphatic rings. The van der Waals surface area contributed by atoms with E-state index in [1.54, 1.807) is 7.05 Å². The van der Waals surface area contributed by atoms with E-state index in [0.717, 1.165) is 31.4 Å². The highest BCUT2D eigenvalue weighted by Crippen LogP contribution is 2.39. The molecule has 1 aliphatic carbocycles. The number of aromatic nitrogens is 1. The monoisotopic (exact) mass is 454 g/mol. The van der Waals surface area contributed by atoms with Gasteiger partial charge in [0.1, 0.15) is 0 Å². The molecule has 0 aliphatic heterocycles. The van der Waals surface area contributed by atoms with Crippen molar-refractivity contribution in [2.45, 2.75) is 37.1 Å². The molecule has 174 valence electrons. The third kappa shape index (κ3) is 5.12. The van der Waals surface area contributed by atoms with Gasteiger partial charge in [-0.1, -0.05) is 42.5 Å². The van der Waals surface area contributed by atoms with Crippen LogP contribution in [0.3, 0.4) is 0 Å². The molecule has 0 bridgehead atoms. The second-order valence-corrected chi connectivity index (χ2v) is 8.66. The Morgan fingerprint density at radius 3 is 2.41 bits per heavy atom. The number of hydrogen-bond donors (Lipinski definition) is 3. The number of guanidine groups is 1. The van der Waals surface area contributed by atoms with Crippen molar-refractivity contribution in [3.8, 4) is 11.9 Å². The molecule has 0 radical (unpaired) electrons. The van der Waals surface area contributed by atoms with Gasteiger partial charge in [0.15, 0.2) is 6.19 Å². The maximum atomic E-state index is 13.3. The van der Waals surface area contributed by atoms with Crippen LogP contribution in [0.5, 0.6) is 0 Å². The maximum absolute atomic E-state index is 13.3. The molecule has 0 spiro atoms. The standard InChI is InChI=1S/C27H30N6O/c1-29-26(31-20-28)32-22-13-15-27(16-14-22,21-9-3-2-4-10-21)19-30-25(34)23-11-5-6-12-24(23)33-17-7-8-18-33/h2-12,17-18,22H,13-16,19H2,1H3,(H,30,34)(H2,29,31,32). The van der Waals surface area contributed by atoms with Crippen molar-refractivity contribution < 1.29 is 4.79 Å². The van der Waals surface area contributed by atoms with Crippen LogP contribution < -0.4 is 16.0 Å². The largest absolute Gasteiger partial charge is 0.353 e. The maximum Gasteiger partial charge on any atom is 0.253 e. The summed E-state index contributed by atoms with van der Waals surface area (Å²) in [5, 5.41) is 18.1.